The first-order valence-corrected chi connectivity index (χ1v) is 11.1. The van der Waals surface area contributed by atoms with E-state index < -0.39 is 0 Å². The molecule has 2 saturated carbocycles. The molecule has 1 saturated heterocycles. The number of halogens is 1. The summed E-state index contributed by atoms with van der Waals surface area (Å²) in [5, 5.41) is 6.96. The first kappa shape index (κ1) is 22.4. The first-order valence-electron chi connectivity index (χ1n) is 11.1. The Morgan fingerprint density at radius 1 is 1.17 bits per heavy atom. The van der Waals surface area contributed by atoms with Crippen molar-refractivity contribution in [2.75, 3.05) is 26.2 Å². The van der Waals surface area contributed by atoms with E-state index in [0.717, 1.165) is 51.4 Å². The van der Waals surface area contributed by atoms with Gasteiger partial charge in [0.25, 0.3) is 0 Å². The summed E-state index contributed by atoms with van der Waals surface area (Å²) in [6.45, 7) is 5.52. The quantitative estimate of drug-likeness (QED) is 0.348. The Kier molecular flexibility index (Phi) is 8.21. The van der Waals surface area contributed by atoms with Gasteiger partial charge in [0.1, 0.15) is 0 Å². The molecule has 2 aliphatic carbocycles. The lowest BCUT2D eigenvalue weighted by Gasteiger charge is -2.21. The zero-order chi connectivity index (χ0) is 19.3. The first-order chi connectivity index (χ1) is 13.7. The maximum Gasteiger partial charge on any atom is 0.225 e. The average Bonchev–Trinajstić information content (AvgIpc) is 3.09. The van der Waals surface area contributed by atoms with Crippen LogP contribution in [0.1, 0.15) is 56.9 Å². The molecule has 1 aliphatic heterocycles. The van der Waals surface area contributed by atoms with E-state index >= 15 is 0 Å². The summed E-state index contributed by atoms with van der Waals surface area (Å²) in [6, 6.07) is 11.1. The zero-order valence-corrected chi connectivity index (χ0v) is 19.8. The van der Waals surface area contributed by atoms with Crippen molar-refractivity contribution in [3.05, 3.63) is 35.9 Å². The number of hydrogen-bond acceptors (Lipinski definition) is 2. The van der Waals surface area contributed by atoms with Crippen LogP contribution in [0.4, 0.5) is 0 Å². The fourth-order valence-electron chi connectivity index (χ4n) is 4.79. The number of amides is 1. The summed E-state index contributed by atoms with van der Waals surface area (Å²) in [6.07, 6.45) is 6.85. The summed E-state index contributed by atoms with van der Waals surface area (Å²) in [5.74, 6) is 2.89. The van der Waals surface area contributed by atoms with Crippen LogP contribution in [0.3, 0.4) is 0 Å². The van der Waals surface area contributed by atoms with Crippen molar-refractivity contribution < 1.29 is 4.79 Å². The normalized spacial score (nSPS) is 26.9. The maximum absolute atomic E-state index is 12.7. The molecule has 1 aromatic rings. The van der Waals surface area contributed by atoms with E-state index in [1.54, 1.807) is 0 Å². The molecule has 6 heteroatoms. The molecule has 1 aromatic carbocycles. The van der Waals surface area contributed by atoms with Crippen LogP contribution < -0.4 is 10.6 Å². The van der Waals surface area contributed by atoms with Crippen LogP contribution in [0.2, 0.25) is 0 Å². The molecule has 5 nitrogen and oxygen atoms in total. The van der Waals surface area contributed by atoms with Crippen LogP contribution in [0, 0.1) is 11.8 Å². The molecule has 0 aromatic heterocycles. The molecule has 0 bridgehead atoms. The highest BCUT2D eigenvalue weighted by Crippen LogP contribution is 2.47. The number of carbonyl (C=O) groups excluding carboxylic acids is 1. The lowest BCUT2D eigenvalue weighted by molar-refractivity contribution is -0.134. The molecular weight excluding hydrogens is 475 g/mol. The van der Waals surface area contributed by atoms with Crippen molar-refractivity contribution >= 4 is 35.8 Å². The Bertz CT molecular complexity index is 689. The second-order valence-corrected chi connectivity index (χ2v) is 8.63. The number of nitrogens with zero attached hydrogens (tertiary/aromatic N) is 2. The van der Waals surface area contributed by atoms with E-state index in [1.807, 2.05) is 0 Å². The van der Waals surface area contributed by atoms with Crippen molar-refractivity contribution in [3.8, 4) is 0 Å². The van der Waals surface area contributed by atoms with Crippen molar-refractivity contribution in [2.45, 2.75) is 57.4 Å². The van der Waals surface area contributed by atoms with Gasteiger partial charge in [0.05, 0.1) is 0 Å². The molecule has 3 aliphatic rings. The van der Waals surface area contributed by atoms with E-state index in [9.17, 15) is 4.79 Å². The molecular formula is C23H35IN4O. The lowest BCUT2D eigenvalue weighted by atomic mass is 10.1. The highest BCUT2D eigenvalue weighted by atomic mass is 127. The molecule has 0 radical (unpaired) electrons. The van der Waals surface area contributed by atoms with Gasteiger partial charge in [-0.05, 0) is 50.0 Å². The van der Waals surface area contributed by atoms with Crippen LogP contribution in [-0.4, -0.2) is 49.0 Å². The Labute approximate surface area is 192 Å². The summed E-state index contributed by atoms with van der Waals surface area (Å²) in [7, 11) is 0. The predicted octanol–water partition coefficient (Wildman–Crippen LogP) is 3.75. The smallest absolute Gasteiger partial charge is 0.225 e. The van der Waals surface area contributed by atoms with Gasteiger partial charge in [0, 0.05) is 38.1 Å². The monoisotopic (exact) mass is 510 g/mol. The van der Waals surface area contributed by atoms with Crippen LogP contribution in [-0.2, 0) is 4.79 Å². The third kappa shape index (κ3) is 5.86. The van der Waals surface area contributed by atoms with Gasteiger partial charge in [-0.3, -0.25) is 9.79 Å². The van der Waals surface area contributed by atoms with Gasteiger partial charge < -0.3 is 15.5 Å². The molecule has 0 spiro atoms. The molecule has 3 fully saturated rings. The molecule has 2 N–H and O–H groups in total. The van der Waals surface area contributed by atoms with Crippen molar-refractivity contribution in [1.82, 2.24) is 15.5 Å². The number of guanidine groups is 1. The number of benzene rings is 1. The van der Waals surface area contributed by atoms with Crippen molar-refractivity contribution in [2.24, 2.45) is 16.8 Å². The number of aliphatic imine (C=N–C) groups is 1. The highest BCUT2D eigenvalue weighted by Gasteiger charge is 2.38. The molecule has 29 heavy (non-hydrogen) atoms. The van der Waals surface area contributed by atoms with Gasteiger partial charge in [0.2, 0.25) is 5.91 Å². The molecule has 3 atom stereocenters. The number of nitrogens with one attached hydrogen (secondary N) is 2. The summed E-state index contributed by atoms with van der Waals surface area (Å²) in [4.78, 5) is 19.6. The molecule has 3 unspecified atom stereocenters. The number of hydrogen-bond donors (Lipinski definition) is 2. The minimum atomic E-state index is 0. The van der Waals surface area contributed by atoms with Gasteiger partial charge >= 0.3 is 0 Å². The van der Waals surface area contributed by atoms with Gasteiger partial charge in [-0.15, -0.1) is 24.0 Å². The average molecular weight is 510 g/mol. The third-order valence-corrected chi connectivity index (χ3v) is 6.52. The standard InChI is InChI=1S/C23H34N4O.HI/c1-2-24-23(25-15-19-14-21(19)17-8-4-3-5-9-17)26-20-12-13-27(16-20)22(28)18-10-6-7-11-18;/h3-5,8-9,18-21H,2,6-7,10-16H2,1H3,(H2,24,25,26);1H. The predicted molar refractivity (Wildman–Crippen MR) is 129 cm³/mol. The van der Waals surface area contributed by atoms with E-state index in [-0.39, 0.29) is 29.9 Å². The van der Waals surface area contributed by atoms with Crippen molar-refractivity contribution in [1.29, 1.82) is 0 Å². The summed E-state index contributed by atoms with van der Waals surface area (Å²) >= 11 is 0. The number of likely N-dealkylation sites (tertiary alicyclic amines) is 1. The Balaban J connectivity index is 0.00000240. The van der Waals surface area contributed by atoms with E-state index in [2.05, 4.69) is 52.8 Å². The molecule has 160 valence electrons. The minimum absolute atomic E-state index is 0. The van der Waals surface area contributed by atoms with Gasteiger partial charge in [-0.1, -0.05) is 43.2 Å². The Morgan fingerprint density at radius 3 is 2.66 bits per heavy atom. The second kappa shape index (κ2) is 10.6. The van der Waals surface area contributed by atoms with Crippen LogP contribution in [0.25, 0.3) is 0 Å². The molecule has 1 amide bonds. The fraction of sp³-hybridized carbons (Fsp3) is 0.652. The van der Waals surface area contributed by atoms with E-state index in [1.165, 1.54) is 24.8 Å². The van der Waals surface area contributed by atoms with E-state index in [4.69, 9.17) is 4.99 Å². The van der Waals surface area contributed by atoms with Crippen LogP contribution in [0.5, 0.6) is 0 Å². The Morgan fingerprint density at radius 2 is 1.93 bits per heavy atom. The maximum atomic E-state index is 12.7. The zero-order valence-electron chi connectivity index (χ0n) is 17.5. The Hall–Kier alpha value is -1.31. The van der Waals surface area contributed by atoms with Crippen LogP contribution in [0.15, 0.2) is 35.3 Å². The van der Waals surface area contributed by atoms with Gasteiger partial charge in [0.15, 0.2) is 5.96 Å². The van der Waals surface area contributed by atoms with Gasteiger partial charge in [-0.25, -0.2) is 0 Å². The topological polar surface area (TPSA) is 56.7 Å². The van der Waals surface area contributed by atoms with E-state index in [0.29, 0.717) is 23.8 Å². The summed E-state index contributed by atoms with van der Waals surface area (Å²) in [5.41, 5.74) is 1.44. The number of rotatable bonds is 6. The fourth-order valence-corrected chi connectivity index (χ4v) is 4.79. The third-order valence-electron chi connectivity index (χ3n) is 6.52. The van der Waals surface area contributed by atoms with Gasteiger partial charge in [-0.2, -0.15) is 0 Å². The minimum Gasteiger partial charge on any atom is -0.357 e. The SMILES string of the molecule is CCNC(=NCC1CC1c1ccccc1)NC1CCN(C(=O)C2CCCC2)C1.I. The largest absolute Gasteiger partial charge is 0.357 e. The number of carbonyl (C=O) groups is 1. The molecule has 4 rings (SSSR count). The molecule has 1 heterocycles. The van der Waals surface area contributed by atoms with Crippen LogP contribution >= 0.6 is 24.0 Å². The highest BCUT2D eigenvalue weighted by molar-refractivity contribution is 14.0. The van der Waals surface area contributed by atoms with Crippen molar-refractivity contribution in [3.63, 3.8) is 0 Å². The second-order valence-electron chi connectivity index (χ2n) is 8.63. The lowest BCUT2D eigenvalue weighted by Crippen LogP contribution is -2.45. The summed E-state index contributed by atoms with van der Waals surface area (Å²) < 4.78 is 0.